The van der Waals surface area contributed by atoms with Crippen LogP contribution in [-0.2, 0) is 19.1 Å². The molecule has 0 aliphatic carbocycles. The van der Waals surface area contributed by atoms with Crippen molar-refractivity contribution in [2.45, 2.75) is 39.4 Å². The number of carbonyl (C=O) groups is 2. The van der Waals surface area contributed by atoms with Gasteiger partial charge in [0, 0.05) is 36.9 Å². The van der Waals surface area contributed by atoms with Gasteiger partial charge in [-0.15, -0.1) is 0 Å². The molecule has 8 heteroatoms. The van der Waals surface area contributed by atoms with E-state index in [9.17, 15) is 9.59 Å². The number of para-hydroxylation sites is 1. The minimum atomic E-state index is -1.31. The molecule has 1 saturated heterocycles. The Bertz CT molecular complexity index is 1180. The van der Waals surface area contributed by atoms with E-state index < -0.39 is 29.6 Å². The number of rotatable bonds is 7. The van der Waals surface area contributed by atoms with E-state index >= 15 is 0 Å². The van der Waals surface area contributed by atoms with Crippen molar-refractivity contribution in [1.29, 1.82) is 0 Å². The number of esters is 2. The molecule has 4 rings (SSSR count). The van der Waals surface area contributed by atoms with Gasteiger partial charge in [-0.05, 0) is 59.1 Å². The fourth-order valence-corrected chi connectivity index (χ4v) is 4.79. The largest absolute Gasteiger partial charge is 0.490 e. The number of aromatic amines is 1. The summed E-state index contributed by atoms with van der Waals surface area (Å²) < 4.78 is 23.2. The van der Waals surface area contributed by atoms with Crippen molar-refractivity contribution in [3.63, 3.8) is 0 Å². The molecule has 3 aromatic rings. The van der Waals surface area contributed by atoms with Gasteiger partial charge in [0.15, 0.2) is 17.4 Å². The zero-order valence-electron chi connectivity index (χ0n) is 18.9. The van der Waals surface area contributed by atoms with Crippen LogP contribution in [0, 0.1) is 5.92 Å². The van der Waals surface area contributed by atoms with Gasteiger partial charge in [0.1, 0.15) is 0 Å². The monoisotopic (exact) mass is 515 g/mol. The number of cyclic esters (lactones) is 2. The Morgan fingerprint density at radius 3 is 2.39 bits per heavy atom. The van der Waals surface area contributed by atoms with Crippen LogP contribution < -0.4 is 9.47 Å². The maximum atomic E-state index is 13.1. The average molecular weight is 516 g/mol. The standard InChI is InChI=1S/C25H26BrNO6/c1-5-30-19-12-14(11-17(26)22(19)31-6-2)20(16-13-27-18-10-8-7-9-15(16)18)21-23(28)32-25(3,4)33-24(21)29/h7-13,20-21,27H,5-6H2,1-4H3/t20-/m0/s1. The number of hydrogen-bond acceptors (Lipinski definition) is 6. The van der Waals surface area contributed by atoms with Crippen LogP contribution in [0.3, 0.4) is 0 Å². The molecule has 2 aromatic carbocycles. The Hall–Kier alpha value is -3.00. The van der Waals surface area contributed by atoms with E-state index in [0.29, 0.717) is 34.7 Å². The van der Waals surface area contributed by atoms with E-state index in [2.05, 4.69) is 20.9 Å². The molecule has 0 saturated carbocycles. The molecule has 1 aliphatic rings. The van der Waals surface area contributed by atoms with Gasteiger partial charge in [-0.1, -0.05) is 18.2 Å². The molecule has 1 aromatic heterocycles. The van der Waals surface area contributed by atoms with Crippen LogP contribution in [0.1, 0.15) is 44.7 Å². The normalized spacial score (nSPS) is 16.9. The van der Waals surface area contributed by atoms with Gasteiger partial charge >= 0.3 is 11.9 Å². The summed E-state index contributed by atoms with van der Waals surface area (Å²) >= 11 is 3.58. The predicted octanol–water partition coefficient (Wildman–Crippen LogP) is 5.31. The number of fused-ring (bicyclic) bond motifs is 1. The van der Waals surface area contributed by atoms with Gasteiger partial charge < -0.3 is 23.9 Å². The summed E-state index contributed by atoms with van der Waals surface area (Å²) in [6.45, 7) is 7.74. The SMILES string of the molecule is CCOc1cc([C@@H](c2c[nH]c3ccccc23)C2C(=O)OC(C)(C)OC2=O)cc(Br)c1OCC. The molecule has 0 bridgehead atoms. The highest BCUT2D eigenvalue weighted by Gasteiger charge is 2.49. The highest BCUT2D eigenvalue weighted by molar-refractivity contribution is 9.10. The van der Waals surface area contributed by atoms with Gasteiger partial charge in [-0.3, -0.25) is 9.59 Å². The summed E-state index contributed by atoms with van der Waals surface area (Å²) in [5, 5.41) is 0.899. The summed E-state index contributed by atoms with van der Waals surface area (Å²) in [6, 6.07) is 11.4. The topological polar surface area (TPSA) is 86.9 Å². The molecule has 0 amide bonds. The van der Waals surface area contributed by atoms with Crippen LogP contribution in [0.5, 0.6) is 11.5 Å². The summed E-state index contributed by atoms with van der Waals surface area (Å²) in [5.41, 5.74) is 2.37. The fraction of sp³-hybridized carbons (Fsp3) is 0.360. The zero-order chi connectivity index (χ0) is 23.8. The molecule has 174 valence electrons. The highest BCUT2D eigenvalue weighted by Crippen LogP contribution is 2.45. The molecule has 2 heterocycles. The smallest absolute Gasteiger partial charge is 0.324 e. The van der Waals surface area contributed by atoms with E-state index in [1.165, 1.54) is 0 Å². The molecule has 33 heavy (non-hydrogen) atoms. The van der Waals surface area contributed by atoms with Gasteiger partial charge in [0.05, 0.1) is 17.7 Å². The van der Waals surface area contributed by atoms with Crippen LogP contribution in [0.15, 0.2) is 47.1 Å². The van der Waals surface area contributed by atoms with Gasteiger partial charge in [-0.2, -0.15) is 0 Å². The van der Waals surface area contributed by atoms with Crippen LogP contribution in [-0.4, -0.2) is 35.9 Å². The minimum absolute atomic E-state index is 0.426. The number of H-pyrrole nitrogens is 1. The van der Waals surface area contributed by atoms with Gasteiger partial charge in [0.2, 0.25) is 0 Å². The molecular formula is C25H26BrNO6. The number of ether oxygens (including phenoxy) is 4. The second-order valence-corrected chi connectivity index (χ2v) is 9.04. The molecule has 7 nitrogen and oxygen atoms in total. The number of halogens is 1. The third kappa shape index (κ3) is 4.44. The number of benzene rings is 2. The highest BCUT2D eigenvalue weighted by atomic mass is 79.9. The van der Waals surface area contributed by atoms with Crippen molar-refractivity contribution in [3.05, 3.63) is 58.2 Å². The zero-order valence-corrected chi connectivity index (χ0v) is 20.5. The number of aromatic nitrogens is 1. The van der Waals surface area contributed by atoms with Crippen molar-refractivity contribution in [2.75, 3.05) is 13.2 Å². The molecule has 1 aliphatic heterocycles. The van der Waals surface area contributed by atoms with Crippen molar-refractivity contribution in [2.24, 2.45) is 5.92 Å². The first-order valence-corrected chi connectivity index (χ1v) is 11.7. The predicted molar refractivity (Wildman–Crippen MR) is 126 cm³/mol. The van der Waals surface area contributed by atoms with E-state index in [0.717, 1.165) is 16.5 Å². The lowest BCUT2D eigenvalue weighted by Gasteiger charge is -2.36. The lowest BCUT2D eigenvalue weighted by molar-refractivity contribution is -0.240. The van der Waals surface area contributed by atoms with Crippen molar-refractivity contribution in [1.82, 2.24) is 4.98 Å². The molecule has 1 N–H and O–H groups in total. The lowest BCUT2D eigenvalue weighted by atomic mass is 9.80. The summed E-state index contributed by atoms with van der Waals surface area (Å²) in [7, 11) is 0. The van der Waals surface area contributed by atoms with Gasteiger partial charge in [0.25, 0.3) is 5.79 Å². The summed E-state index contributed by atoms with van der Waals surface area (Å²) in [4.78, 5) is 29.5. The van der Waals surface area contributed by atoms with Crippen molar-refractivity contribution in [3.8, 4) is 11.5 Å². The molecule has 0 unspecified atom stereocenters. The maximum absolute atomic E-state index is 13.1. The van der Waals surface area contributed by atoms with E-state index in [1.807, 2.05) is 56.4 Å². The van der Waals surface area contributed by atoms with Crippen molar-refractivity contribution < 1.29 is 28.5 Å². The Kier molecular flexibility index (Phi) is 6.38. The molecule has 0 radical (unpaired) electrons. The molecule has 0 spiro atoms. The number of carbonyl (C=O) groups excluding carboxylic acids is 2. The second-order valence-electron chi connectivity index (χ2n) is 8.18. The fourth-order valence-electron chi connectivity index (χ4n) is 4.22. The first-order chi connectivity index (χ1) is 15.8. The third-order valence-corrected chi connectivity index (χ3v) is 6.06. The molecule has 1 atom stereocenters. The van der Waals surface area contributed by atoms with E-state index in [4.69, 9.17) is 18.9 Å². The average Bonchev–Trinajstić information content (AvgIpc) is 3.16. The lowest BCUT2D eigenvalue weighted by Crippen LogP contribution is -2.48. The Balaban J connectivity index is 1.92. The van der Waals surface area contributed by atoms with Crippen molar-refractivity contribution >= 4 is 38.8 Å². The van der Waals surface area contributed by atoms with Gasteiger partial charge in [-0.25, -0.2) is 0 Å². The molecule has 1 fully saturated rings. The van der Waals surface area contributed by atoms with Crippen LogP contribution in [0.25, 0.3) is 10.9 Å². The van der Waals surface area contributed by atoms with Crippen LogP contribution >= 0.6 is 15.9 Å². The first-order valence-electron chi connectivity index (χ1n) is 10.9. The Morgan fingerprint density at radius 2 is 1.73 bits per heavy atom. The second kappa shape index (κ2) is 9.09. The summed E-state index contributed by atoms with van der Waals surface area (Å²) in [5.74, 6) is -3.35. The maximum Gasteiger partial charge on any atom is 0.324 e. The third-order valence-electron chi connectivity index (χ3n) is 5.47. The first kappa shape index (κ1) is 23.2. The van der Waals surface area contributed by atoms with Crippen LogP contribution in [0.2, 0.25) is 0 Å². The number of nitrogens with one attached hydrogen (secondary N) is 1. The van der Waals surface area contributed by atoms with E-state index in [1.54, 1.807) is 13.8 Å². The summed E-state index contributed by atoms with van der Waals surface area (Å²) in [6.07, 6.45) is 1.82. The number of hydrogen-bond donors (Lipinski definition) is 1. The molecular weight excluding hydrogens is 490 g/mol. The Morgan fingerprint density at radius 1 is 1.06 bits per heavy atom. The Labute approximate surface area is 200 Å². The van der Waals surface area contributed by atoms with Crippen LogP contribution in [0.4, 0.5) is 0 Å². The van der Waals surface area contributed by atoms with E-state index in [-0.39, 0.29) is 0 Å². The quantitative estimate of drug-likeness (QED) is 0.338. The minimum Gasteiger partial charge on any atom is -0.490 e.